The van der Waals surface area contributed by atoms with Gasteiger partial charge in [0.2, 0.25) is 0 Å². The second-order valence-electron chi connectivity index (χ2n) is 4.83. The van der Waals surface area contributed by atoms with Gasteiger partial charge < -0.3 is 10.6 Å². The lowest BCUT2D eigenvalue weighted by Gasteiger charge is -2.11. The van der Waals surface area contributed by atoms with Gasteiger partial charge in [-0.15, -0.1) is 24.0 Å². The number of aromatic nitrogens is 2. The fourth-order valence-corrected chi connectivity index (χ4v) is 1.87. The number of nitrogens with one attached hydrogen (secondary N) is 3. The molecule has 0 spiro atoms. The number of hydrogen-bond donors (Lipinski definition) is 3. The molecule has 0 amide bonds. The molecule has 132 valence electrons. The van der Waals surface area contributed by atoms with Crippen LogP contribution in [0.15, 0.2) is 41.5 Å². The first-order valence-corrected chi connectivity index (χ1v) is 7.15. The molecule has 2 aromatic rings. The van der Waals surface area contributed by atoms with E-state index in [0.717, 1.165) is 17.8 Å². The molecule has 0 aliphatic heterocycles. The highest BCUT2D eigenvalue weighted by molar-refractivity contribution is 14.0. The van der Waals surface area contributed by atoms with Crippen molar-refractivity contribution >= 4 is 29.9 Å². The molecule has 1 heterocycles. The second-order valence-corrected chi connectivity index (χ2v) is 4.83. The van der Waals surface area contributed by atoms with Gasteiger partial charge in [-0.05, 0) is 30.7 Å². The SMILES string of the molecule is CCNC(=NCc1ccc(C(F)(F)F)cc1)NCc1ccn[nH]1.I. The van der Waals surface area contributed by atoms with Crippen LogP contribution in [0, 0.1) is 0 Å². The lowest BCUT2D eigenvalue weighted by molar-refractivity contribution is -0.137. The van der Waals surface area contributed by atoms with Crippen LogP contribution >= 0.6 is 24.0 Å². The molecule has 5 nitrogen and oxygen atoms in total. The van der Waals surface area contributed by atoms with Crippen LogP contribution in [0.3, 0.4) is 0 Å². The van der Waals surface area contributed by atoms with Gasteiger partial charge in [-0.25, -0.2) is 4.99 Å². The van der Waals surface area contributed by atoms with Crippen molar-refractivity contribution in [1.29, 1.82) is 0 Å². The highest BCUT2D eigenvalue weighted by Crippen LogP contribution is 2.29. The monoisotopic (exact) mass is 453 g/mol. The summed E-state index contributed by atoms with van der Waals surface area (Å²) in [4.78, 5) is 4.35. The number of benzene rings is 1. The van der Waals surface area contributed by atoms with Crippen LogP contribution in [0.2, 0.25) is 0 Å². The van der Waals surface area contributed by atoms with Crippen LogP contribution in [0.4, 0.5) is 13.2 Å². The summed E-state index contributed by atoms with van der Waals surface area (Å²) >= 11 is 0. The average molecular weight is 453 g/mol. The fourth-order valence-electron chi connectivity index (χ4n) is 1.87. The van der Waals surface area contributed by atoms with Crippen molar-refractivity contribution in [2.45, 2.75) is 26.2 Å². The zero-order valence-electron chi connectivity index (χ0n) is 13.0. The topological polar surface area (TPSA) is 65.1 Å². The first kappa shape index (κ1) is 20.3. The number of hydrogen-bond acceptors (Lipinski definition) is 2. The maximum absolute atomic E-state index is 12.5. The van der Waals surface area contributed by atoms with Crippen LogP contribution in [0.25, 0.3) is 0 Å². The normalized spacial score (nSPS) is 11.8. The van der Waals surface area contributed by atoms with Crippen molar-refractivity contribution < 1.29 is 13.2 Å². The minimum absolute atomic E-state index is 0. The smallest absolute Gasteiger partial charge is 0.357 e. The van der Waals surface area contributed by atoms with E-state index in [2.05, 4.69) is 25.8 Å². The molecular formula is C15H19F3IN5. The third-order valence-electron chi connectivity index (χ3n) is 3.05. The van der Waals surface area contributed by atoms with Gasteiger partial charge >= 0.3 is 6.18 Å². The van der Waals surface area contributed by atoms with Crippen molar-refractivity contribution in [1.82, 2.24) is 20.8 Å². The Morgan fingerprint density at radius 1 is 1.17 bits per heavy atom. The number of halogens is 4. The Hall–Kier alpha value is -1.78. The molecule has 1 aromatic carbocycles. The van der Waals surface area contributed by atoms with Crippen LogP contribution < -0.4 is 10.6 Å². The van der Waals surface area contributed by atoms with Gasteiger partial charge in [-0.1, -0.05) is 12.1 Å². The third-order valence-corrected chi connectivity index (χ3v) is 3.05. The third kappa shape index (κ3) is 6.38. The van der Waals surface area contributed by atoms with E-state index in [-0.39, 0.29) is 30.5 Å². The summed E-state index contributed by atoms with van der Waals surface area (Å²) in [6.45, 7) is 3.43. The summed E-state index contributed by atoms with van der Waals surface area (Å²) in [6, 6.07) is 6.84. The Balaban J connectivity index is 0.00000288. The fraction of sp³-hybridized carbons (Fsp3) is 0.333. The summed E-state index contributed by atoms with van der Waals surface area (Å²) in [6.07, 6.45) is -2.66. The molecule has 9 heteroatoms. The van der Waals surface area contributed by atoms with E-state index in [0.29, 0.717) is 24.6 Å². The van der Waals surface area contributed by atoms with Crippen molar-refractivity contribution in [2.24, 2.45) is 4.99 Å². The standard InChI is InChI=1S/C15H18F3N5.HI/c1-2-19-14(21-10-13-7-8-22-23-13)20-9-11-3-5-12(6-4-11)15(16,17)18;/h3-8H,2,9-10H2,1H3,(H,22,23)(H2,19,20,21);1H. The predicted octanol–water partition coefficient (Wildman–Crippen LogP) is 3.30. The molecule has 24 heavy (non-hydrogen) atoms. The molecule has 0 unspecified atom stereocenters. The van der Waals surface area contributed by atoms with Crippen LogP contribution in [0.5, 0.6) is 0 Å². The first-order chi connectivity index (χ1) is 11.0. The van der Waals surface area contributed by atoms with E-state index < -0.39 is 11.7 Å². The maximum Gasteiger partial charge on any atom is 0.416 e. The van der Waals surface area contributed by atoms with E-state index in [1.807, 2.05) is 13.0 Å². The lowest BCUT2D eigenvalue weighted by Crippen LogP contribution is -2.36. The molecule has 0 fully saturated rings. The predicted molar refractivity (Wildman–Crippen MR) is 97.1 cm³/mol. The van der Waals surface area contributed by atoms with Gasteiger partial charge in [-0.3, -0.25) is 5.10 Å². The van der Waals surface area contributed by atoms with Crippen LogP contribution in [-0.4, -0.2) is 22.7 Å². The summed E-state index contributed by atoms with van der Waals surface area (Å²) < 4.78 is 37.5. The van der Waals surface area contributed by atoms with E-state index in [1.54, 1.807) is 6.20 Å². The van der Waals surface area contributed by atoms with Gasteiger partial charge in [0.1, 0.15) is 0 Å². The Morgan fingerprint density at radius 2 is 1.88 bits per heavy atom. The highest BCUT2D eigenvalue weighted by atomic mass is 127. The second kappa shape index (κ2) is 9.50. The zero-order valence-corrected chi connectivity index (χ0v) is 15.4. The van der Waals surface area contributed by atoms with Gasteiger partial charge in [0.05, 0.1) is 24.3 Å². The number of H-pyrrole nitrogens is 1. The summed E-state index contributed by atoms with van der Waals surface area (Å²) in [5, 5.41) is 12.9. The molecule has 0 saturated heterocycles. The Labute approximate surface area is 155 Å². The van der Waals surface area contributed by atoms with Gasteiger partial charge in [0, 0.05) is 12.7 Å². The van der Waals surface area contributed by atoms with Gasteiger partial charge in [0.25, 0.3) is 0 Å². The molecule has 3 N–H and O–H groups in total. The summed E-state index contributed by atoms with van der Waals surface area (Å²) in [5.74, 6) is 0.585. The Bertz CT molecular complexity index is 624. The number of aliphatic imine (C=N–C) groups is 1. The number of aromatic amines is 1. The molecule has 1 aromatic heterocycles. The molecule has 0 atom stereocenters. The lowest BCUT2D eigenvalue weighted by atomic mass is 10.1. The van der Waals surface area contributed by atoms with E-state index in [1.165, 1.54) is 12.1 Å². The molecule has 0 bridgehead atoms. The maximum atomic E-state index is 12.5. The van der Waals surface area contributed by atoms with Crippen molar-refractivity contribution in [2.75, 3.05) is 6.54 Å². The van der Waals surface area contributed by atoms with Gasteiger partial charge in [-0.2, -0.15) is 18.3 Å². The highest BCUT2D eigenvalue weighted by Gasteiger charge is 2.29. The van der Waals surface area contributed by atoms with Crippen molar-refractivity contribution in [3.63, 3.8) is 0 Å². The Kier molecular flexibility index (Phi) is 8.02. The van der Waals surface area contributed by atoms with E-state index in [9.17, 15) is 13.2 Å². The Morgan fingerprint density at radius 3 is 2.42 bits per heavy atom. The number of alkyl halides is 3. The number of guanidine groups is 1. The molecule has 0 aliphatic rings. The molecule has 2 rings (SSSR count). The van der Waals surface area contributed by atoms with Crippen LogP contribution in [0.1, 0.15) is 23.7 Å². The number of rotatable bonds is 5. The van der Waals surface area contributed by atoms with Gasteiger partial charge in [0.15, 0.2) is 5.96 Å². The average Bonchev–Trinajstić information content (AvgIpc) is 3.03. The minimum Gasteiger partial charge on any atom is -0.357 e. The number of nitrogens with zero attached hydrogens (tertiary/aromatic N) is 2. The first-order valence-electron chi connectivity index (χ1n) is 7.15. The molecule has 0 saturated carbocycles. The van der Waals surface area contributed by atoms with Crippen molar-refractivity contribution in [3.05, 3.63) is 53.3 Å². The summed E-state index contributed by atoms with van der Waals surface area (Å²) in [7, 11) is 0. The largest absolute Gasteiger partial charge is 0.416 e. The molecule has 0 aliphatic carbocycles. The summed E-state index contributed by atoms with van der Waals surface area (Å²) in [5.41, 5.74) is 0.955. The van der Waals surface area contributed by atoms with E-state index in [4.69, 9.17) is 0 Å². The van der Waals surface area contributed by atoms with E-state index >= 15 is 0 Å². The quantitative estimate of drug-likeness (QED) is 0.370. The molecule has 0 radical (unpaired) electrons. The van der Waals surface area contributed by atoms with Crippen LogP contribution in [-0.2, 0) is 19.3 Å². The minimum atomic E-state index is -4.32. The van der Waals surface area contributed by atoms with Crippen molar-refractivity contribution in [3.8, 4) is 0 Å². The molecular weight excluding hydrogens is 434 g/mol. The zero-order chi connectivity index (χ0) is 16.7.